The van der Waals surface area contributed by atoms with E-state index in [-0.39, 0.29) is 0 Å². The van der Waals surface area contributed by atoms with E-state index in [9.17, 15) is 4.39 Å². The van der Waals surface area contributed by atoms with Crippen molar-refractivity contribution in [3.05, 3.63) is 24.3 Å². The number of rotatable bonds is 2. The zero-order chi connectivity index (χ0) is 10.7. The van der Waals surface area contributed by atoms with Crippen molar-refractivity contribution in [2.45, 2.75) is 18.9 Å². The second-order valence-corrected chi connectivity index (χ2v) is 3.79. The van der Waals surface area contributed by atoms with Gasteiger partial charge in [-0.05, 0) is 18.9 Å². The van der Waals surface area contributed by atoms with Crippen molar-refractivity contribution < 1.29 is 9.13 Å². The van der Waals surface area contributed by atoms with E-state index in [0.717, 1.165) is 31.7 Å². The first-order valence-electron chi connectivity index (χ1n) is 5.19. The molecule has 0 unspecified atom stereocenters. The largest absolute Gasteiger partial charge is 0.381 e. The highest BCUT2D eigenvalue weighted by atomic mass is 19.1. The van der Waals surface area contributed by atoms with Crippen LogP contribution in [0.2, 0.25) is 0 Å². The van der Waals surface area contributed by atoms with Crippen molar-refractivity contribution in [2.75, 3.05) is 25.2 Å². The van der Waals surface area contributed by atoms with Crippen LogP contribution in [0.5, 0.6) is 0 Å². The minimum absolute atomic E-state index is 0.425. The van der Waals surface area contributed by atoms with Crippen molar-refractivity contribution in [3.63, 3.8) is 0 Å². The van der Waals surface area contributed by atoms with E-state index in [0.29, 0.717) is 6.04 Å². The van der Waals surface area contributed by atoms with Gasteiger partial charge in [0.25, 0.3) is 0 Å². The molecule has 1 aliphatic heterocycles. The highest BCUT2D eigenvalue weighted by Gasteiger charge is 2.18. The fourth-order valence-electron chi connectivity index (χ4n) is 1.89. The summed E-state index contributed by atoms with van der Waals surface area (Å²) in [7, 11) is 1.99. The van der Waals surface area contributed by atoms with Gasteiger partial charge in [-0.1, -0.05) is 0 Å². The highest BCUT2D eigenvalue weighted by Crippen LogP contribution is 2.20. The lowest BCUT2D eigenvalue weighted by atomic mass is 10.1. The predicted molar refractivity (Wildman–Crippen MR) is 56.4 cm³/mol. The quantitative estimate of drug-likeness (QED) is 0.696. The molecule has 82 valence electrons. The third kappa shape index (κ3) is 2.45. The smallest absolute Gasteiger partial charge is 0.214 e. The lowest BCUT2D eigenvalue weighted by Crippen LogP contribution is -2.36. The Labute approximate surface area is 88.9 Å². The van der Waals surface area contributed by atoms with E-state index < -0.39 is 5.95 Å². The predicted octanol–water partition coefficient (Wildman–Crippen LogP) is 1.84. The van der Waals surface area contributed by atoms with Gasteiger partial charge in [0.2, 0.25) is 5.95 Å². The topological polar surface area (TPSA) is 25.4 Å². The molecule has 0 aliphatic carbocycles. The molecule has 0 saturated carbocycles. The summed E-state index contributed by atoms with van der Waals surface area (Å²) in [6.07, 6.45) is 3.50. The summed E-state index contributed by atoms with van der Waals surface area (Å²) in [5.74, 6) is -0.425. The molecule has 4 heteroatoms. The van der Waals surface area contributed by atoms with Crippen molar-refractivity contribution >= 4 is 5.69 Å². The van der Waals surface area contributed by atoms with E-state index in [2.05, 4.69) is 9.88 Å². The molecule has 1 aliphatic rings. The first-order valence-corrected chi connectivity index (χ1v) is 5.19. The number of aromatic nitrogens is 1. The second-order valence-electron chi connectivity index (χ2n) is 3.79. The Morgan fingerprint density at radius 3 is 2.87 bits per heavy atom. The summed E-state index contributed by atoms with van der Waals surface area (Å²) in [4.78, 5) is 5.65. The van der Waals surface area contributed by atoms with Crippen molar-refractivity contribution in [3.8, 4) is 0 Å². The fourth-order valence-corrected chi connectivity index (χ4v) is 1.89. The average Bonchev–Trinajstić information content (AvgIpc) is 2.29. The monoisotopic (exact) mass is 210 g/mol. The Bertz CT molecular complexity index is 326. The van der Waals surface area contributed by atoms with Crippen LogP contribution in [-0.4, -0.2) is 31.3 Å². The minimum atomic E-state index is -0.425. The van der Waals surface area contributed by atoms with E-state index in [1.807, 2.05) is 13.1 Å². The summed E-state index contributed by atoms with van der Waals surface area (Å²) in [6, 6.07) is 3.74. The first-order chi connectivity index (χ1) is 7.27. The zero-order valence-corrected chi connectivity index (χ0v) is 8.82. The van der Waals surface area contributed by atoms with E-state index in [1.54, 1.807) is 0 Å². The molecular weight excluding hydrogens is 195 g/mol. The van der Waals surface area contributed by atoms with Crippen LogP contribution in [0.25, 0.3) is 0 Å². The van der Waals surface area contributed by atoms with Crippen LogP contribution in [-0.2, 0) is 4.74 Å². The summed E-state index contributed by atoms with van der Waals surface area (Å²) in [5.41, 5.74) is 0.884. The van der Waals surface area contributed by atoms with Crippen LogP contribution in [0, 0.1) is 5.95 Å². The van der Waals surface area contributed by atoms with Crippen LogP contribution in [0.3, 0.4) is 0 Å². The SMILES string of the molecule is CN(c1ccnc(F)c1)C1CCOCC1. The lowest BCUT2D eigenvalue weighted by Gasteiger charge is -2.32. The average molecular weight is 210 g/mol. The van der Waals surface area contributed by atoms with Gasteiger partial charge in [-0.25, -0.2) is 4.98 Å². The Morgan fingerprint density at radius 2 is 2.20 bits per heavy atom. The van der Waals surface area contributed by atoms with Crippen LogP contribution in [0.4, 0.5) is 10.1 Å². The van der Waals surface area contributed by atoms with Gasteiger partial charge in [0.1, 0.15) is 0 Å². The Morgan fingerprint density at radius 1 is 1.47 bits per heavy atom. The summed E-state index contributed by atoms with van der Waals surface area (Å²) < 4.78 is 18.2. The summed E-state index contributed by atoms with van der Waals surface area (Å²) in [6.45, 7) is 1.59. The first kappa shape index (κ1) is 10.4. The molecule has 2 rings (SSSR count). The van der Waals surface area contributed by atoms with E-state index in [1.165, 1.54) is 12.3 Å². The molecule has 1 saturated heterocycles. The number of hydrogen-bond acceptors (Lipinski definition) is 3. The number of anilines is 1. The minimum Gasteiger partial charge on any atom is -0.381 e. The van der Waals surface area contributed by atoms with Crippen LogP contribution in [0.15, 0.2) is 18.3 Å². The summed E-state index contributed by atoms with van der Waals surface area (Å²) in [5, 5.41) is 0. The number of nitrogens with zero attached hydrogens (tertiary/aromatic N) is 2. The third-order valence-electron chi connectivity index (χ3n) is 2.86. The molecule has 0 amide bonds. The van der Waals surface area contributed by atoms with Gasteiger partial charge in [-0.2, -0.15) is 4.39 Å². The van der Waals surface area contributed by atoms with Crippen molar-refractivity contribution in [1.29, 1.82) is 0 Å². The number of ether oxygens (including phenoxy) is 1. The molecule has 1 aromatic rings. The highest BCUT2D eigenvalue weighted by molar-refractivity contribution is 5.45. The number of hydrogen-bond donors (Lipinski definition) is 0. The molecule has 2 heterocycles. The van der Waals surface area contributed by atoms with Gasteiger partial charge in [-0.3, -0.25) is 0 Å². The molecule has 0 N–H and O–H groups in total. The summed E-state index contributed by atoms with van der Waals surface area (Å²) >= 11 is 0. The lowest BCUT2D eigenvalue weighted by molar-refractivity contribution is 0.0855. The van der Waals surface area contributed by atoms with E-state index >= 15 is 0 Å². The maximum absolute atomic E-state index is 12.9. The van der Waals surface area contributed by atoms with Crippen LogP contribution >= 0.6 is 0 Å². The maximum atomic E-state index is 12.9. The molecule has 0 radical (unpaired) electrons. The van der Waals surface area contributed by atoms with Gasteiger partial charge in [0, 0.05) is 44.3 Å². The number of pyridine rings is 1. The molecule has 0 aromatic carbocycles. The Kier molecular flexibility index (Phi) is 3.16. The van der Waals surface area contributed by atoms with Crippen molar-refractivity contribution in [1.82, 2.24) is 4.98 Å². The molecule has 0 bridgehead atoms. The second kappa shape index (κ2) is 4.57. The maximum Gasteiger partial charge on any atom is 0.214 e. The molecule has 0 spiro atoms. The zero-order valence-electron chi connectivity index (χ0n) is 8.82. The van der Waals surface area contributed by atoms with E-state index in [4.69, 9.17) is 4.74 Å². The van der Waals surface area contributed by atoms with Gasteiger partial charge in [0.05, 0.1) is 0 Å². The fraction of sp³-hybridized carbons (Fsp3) is 0.545. The molecule has 0 atom stereocenters. The standard InChI is InChI=1S/C11H15FN2O/c1-14(9-3-6-15-7-4-9)10-2-5-13-11(12)8-10/h2,5,8-9H,3-4,6-7H2,1H3. The van der Waals surface area contributed by atoms with Crippen LogP contribution < -0.4 is 4.90 Å². The third-order valence-corrected chi connectivity index (χ3v) is 2.86. The van der Waals surface area contributed by atoms with Gasteiger partial charge >= 0.3 is 0 Å². The molecule has 1 fully saturated rings. The molecule has 15 heavy (non-hydrogen) atoms. The van der Waals surface area contributed by atoms with Crippen molar-refractivity contribution in [2.24, 2.45) is 0 Å². The van der Waals surface area contributed by atoms with Gasteiger partial charge < -0.3 is 9.64 Å². The normalized spacial score (nSPS) is 17.7. The number of halogens is 1. The Hall–Kier alpha value is -1.16. The molecule has 3 nitrogen and oxygen atoms in total. The molecular formula is C11H15FN2O. The van der Waals surface area contributed by atoms with Gasteiger partial charge in [-0.15, -0.1) is 0 Å². The van der Waals surface area contributed by atoms with Crippen LogP contribution in [0.1, 0.15) is 12.8 Å². The van der Waals surface area contributed by atoms with Gasteiger partial charge in [0.15, 0.2) is 0 Å². The Balaban J connectivity index is 2.08. The molecule has 1 aromatic heterocycles.